The fourth-order valence-electron chi connectivity index (χ4n) is 1.62. The van der Waals surface area contributed by atoms with Gasteiger partial charge in [0.15, 0.2) is 0 Å². The highest BCUT2D eigenvalue weighted by atomic mass is 28.4. The summed E-state index contributed by atoms with van der Waals surface area (Å²) in [4.78, 5) is 24.0. The Morgan fingerprint density at radius 3 is 1.94 bits per heavy atom. The van der Waals surface area contributed by atoms with Crippen molar-refractivity contribution in [2.24, 2.45) is 0 Å². The Labute approximate surface area is 96.3 Å². The Morgan fingerprint density at radius 1 is 1.12 bits per heavy atom. The lowest BCUT2D eigenvalue weighted by Gasteiger charge is -2.29. The number of hydrogen-bond donors (Lipinski definition) is 0. The molecule has 6 heteroatoms. The summed E-state index contributed by atoms with van der Waals surface area (Å²) in [6.45, 7) is 6.64. The van der Waals surface area contributed by atoms with E-state index in [9.17, 15) is 9.59 Å². The van der Waals surface area contributed by atoms with E-state index in [0.29, 0.717) is 13.2 Å². The van der Waals surface area contributed by atoms with Crippen molar-refractivity contribution in [2.45, 2.75) is 20.4 Å². The van der Waals surface area contributed by atoms with Gasteiger partial charge in [-0.1, -0.05) is 0 Å². The summed E-state index contributed by atoms with van der Waals surface area (Å²) in [6.07, 6.45) is 2.80. The lowest BCUT2D eigenvalue weighted by Crippen LogP contribution is -2.52. The summed E-state index contributed by atoms with van der Waals surface area (Å²) >= 11 is 0. The summed E-state index contributed by atoms with van der Waals surface area (Å²) in [6, 6.07) is 0. The molecule has 16 heavy (non-hydrogen) atoms. The fraction of sp³-hybridized carbons (Fsp3) is 0.600. The van der Waals surface area contributed by atoms with Crippen LogP contribution in [0.5, 0.6) is 0 Å². The Kier molecular flexibility index (Phi) is 4.40. The molecule has 0 atom stereocenters. The van der Waals surface area contributed by atoms with E-state index in [1.807, 2.05) is 20.4 Å². The molecule has 0 aliphatic carbocycles. The molecule has 0 aromatic rings. The number of nitrogens with zero attached hydrogens (tertiary/aromatic N) is 1. The standard InChI is InChI=1S/C10H17NO4Si/c1-4-14-16(3,15-5-2)8-11-9(12)6-7-10(11)13/h6-7H,4-5,8H2,1-3H3. The van der Waals surface area contributed by atoms with Crippen molar-refractivity contribution in [1.29, 1.82) is 0 Å². The largest absolute Gasteiger partial charge is 0.394 e. The number of amides is 2. The molecule has 1 heterocycles. The number of imide groups is 1. The number of hydrogen-bond acceptors (Lipinski definition) is 4. The zero-order chi connectivity index (χ0) is 12.2. The van der Waals surface area contributed by atoms with Gasteiger partial charge in [0.25, 0.3) is 11.8 Å². The predicted molar refractivity (Wildman–Crippen MR) is 60.7 cm³/mol. The van der Waals surface area contributed by atoms with Crippen molar-refractivity contribution in [2.75, 3.05) is 19.4 Å². The molecule has 0 aromatic heterocycles. The van der Waals surface area contributed by atoms with E-state index in [-0.39, 0.29) is 18.0 Å². The topological polar surface area (TPSA) is 55.8 Å². The molecule has 0 unspecified atom stereocenters. The predicted octanol–water partition coefficient (Wildman–Crippen LogP) is 0.596. The minimum Gasteiger partial charge on any atom is -0.394 e. The Hall–Kier alpha value is -0.983. The van der Waals surface area contributed by atoms with Crippen molar-refractivity contribution in [3.05, 3.63) is 12.2 Å². The van der Waals surface area contributed by atoms with Crippen LogP contribution >= 0.6 is 0 Å². The highest BCUT2D eigenvalue weighted by molar-refractivity contribution is 6.66. The van der Waals surface area contributed by atoms with E-state index < -0.39 is 8.56 Å². The van der Waals surface area contributed by atoms with Crippen LogP contribution in [-0.2, 0) is 18.4 Å². The first-order chi connectivity index (χ1) is 7.52. The van der Waals surface area contributed by atoms with Crippen LogP contribution in [0.4, 0.5) is 0 Å². The maximum Gasteiger partial charge on any atom is 0.355 e. The van der Waals surface area contributed by atoms with E-state index in [1.165, 1.54) is 17.1 Å². The molecular formula is C10H17NO4Si. The minimum atomic E-state index is -2.45. The first-order valence-electron chi connectivity index (χ1n) is 5.34. The van der Waals surface area contributed by atoms with Crippen LogP contribution in [0.2, 0.25) is 6.55 Å². The molecular weight excluding hydrogens is 226 g/mol. The third-order valence-electron chi connectivity index (χ3n) is 2.25. The molecule has 90 valence electrons. The number of carbonyl (C=O) groups excluding carboxylic acids is 2. The highest BCUT2D eigenvalue weighted by Gasteiger charge is 2.38. The second kappa shape index (κ2) is 5.38. The zero-order valence-corrected chi connectivity index (χ0v) is 10.9. The number of rotatable bonds is 6. The van der Waals surface area contributed by atoms with Crippen molar-refractivity contribution in [3.63, 3.8) is 0 Å². The van der Waals surface area contributed by atoms with Crippen LogP contribution in [-0.4, -0.2) is 44.7 Å². The van der Waals surface area contributed by atoms with Crippen LogP contribution in [0.15, 0.2) is 12.2 Å². The highest BCUT2D eigenvalue weighted by Crippen LogP contribution is 2.13. The van der Waals surface area contributed by atoms with Gasteiger partial charge >= 0.3 is 8.56 Å². The Bertz CT molecular complexity index is 292. The lowest BCUT2D eigenvalue weighted by molar-refractivity contribution is -0.136. The first kappa shape index (κ1) is 13.1. The van der Waals surface area contributed by atoms with Crippen molar-refractivity contribution < 1.29 is 18.4 Å². The van der Waals surface area contributed by atoms with E-state index in [1.54, 1.807) is 0 Å². The monoisotopic (exact) mass is 243 g/mol. The molecule has 0 radical (unpaired) electrons. The zero-order valence-electron chi connectivity index (χ0n) is 9.86. The summed E-state index contributed by atoms with van der Waals surface area (Å²) < 4.78 is 11.1. The molecule has 0 spiro atoms. The molecule has 0 N–H and O–H groups in total. The SMILES string of the molecule is CCO[Si](C)(CN1C(=O)C=CC1=O)OCC. The van der Waals surface area contributed by atoms with E-state index >= 15 is 0 Å². The maximum absolute atomic E-state index is 11.4. The van der Waals surface area contributed by atoms with Gasteiger partial charge in [0, 0.05) is 25.4 Å². The molecule has 2 amide bonds. The van der Waals surface area contributed by atoms with Gasteiger partial charge in [0.1, 0.15) is 0 Å². The van der Waals surface area contributed by atoms with Gasteiger partial charge in [-0.05, 0) is 20.4 Å². The van der Waals surface area contributed by atoms with Gasteiger partial charge in [0.05, 0.1) is 6.17 Å². The van der Waals surface area contributed by atoms with Crippen LogP contribution < -0.4 is 0 Å². The van der Waals surface area contributed by atoms with Gasteiger partial charge in [-0.2, -0.15) is 0 Å². The normalized spacial score (nSPS) is 16.3. The van der Waals surface area contributed by atoms with Crippen molar-refractivity contribution in [1.82, 2.24) is 4.90 Å². The number of carbonyl (C=O) groups is 2. The second-order valence-corrected chi connectivity index (χ2v) is 6.76. The van der Waals surface area contributed by atoms with Crippen molar-refractivity contribution in [3.8, 4) is 0 Å². The fourth-order valence-corrected chi connectivity index (χ4v) is 3.99. The van der Waals surface area contributed by atoms with Gasteiger partial charge in [-0.25, -0.2) is 0 Å². The molecule has 5 nitrogen and oxygen atoms in total. The summed E-state index contributed by atoms with van der Waals surface area (Å²) in [5.41, 5.74) is 0. The molecule has 0 fully saturated rings. The van der Waals surface area contributed by atoms with Crippen molar-refractivity contribution >= 4 is 20.4 Å². The maximum atomic E-state index is 11.4. The van der Waals surface area contributed by atoms with Gasteiger partial charge in [-0.3, -0.25) is 14.5 Å². The van der Waals surface area contributed by atoms with Gasteiger partial charge < -0.3 is 8.85 Å². The molecule has 0 bridgehead atoms. The molecule has 1 rings (SSSR count). The van der Waals surface area contributed by atoms with Crippen LogP contribution in [0.3, 0.4) is 0 Å². The average Bonchev–Trinajstić information content (AvgIpc) is 2.50. The van der Waals surface area contributed by atoms with Crippen LogP contribution in [0.1, 0.15) is 13.8 Å². The molecule has 0 saturated carbocycles. The van der Waals surface area contributed by atoms with Gasteiger partial charge in [0.2, 0.25) is 0 Å². The van der Waals surface area contributed by atoms with Crippen LogP contribution in [0, 0.1) is 0 Å². The summed E-state index contributed by atoms with van der Waals surface area (Å²) in [5.74, 6) is -0.578. The smallest absolute Gasteiger partial charge is 0.355 e. The Balaban J connectivity index is 2.68. The first-order valence-corrected chi connectivity index (χ1v) is 7.86. The molecule has 0 saturated heterocycles. The average molecular weight is 243 g/mol. The lowest BCUT2D eigenvalue weighted by atomic mass is 10.6. The summed E-state index contributed by atoms with van der Waals surface area (Å²) in [7, 11) is -2.45. The van der Waals surface area contributed by atoms with E-state index in [0.717, 1.165) is 0 Å². The summed E-state index contributed by atoms with van der Waals surface area (Å²) in [5, 5.41) is 0. The third-order valence-corrected chi connectivity index (χ3v) is 4.93. The quantitative estimate of drug-likeness (QED) is 0.506. The molecule has 1 aliphatic rings. The van der Waals surface area contributed by atoms with E-state index in [4.69, 9.17) is 8.85 Å². The second-order valence-electron chi connectivity index (χ2n) is 3.60. The van der Waals surface area contributed by atoms with Gasteiger partial charge in [-0.15, -0.1) is 0 Å². The molecule has 1 aliphatic heterocycles. The van der Waals surface area contributed by atoms with Crippen LogP contribution in [0.25, 0.3) is 0 Å². The Morgan fingerprint density at radius 2 is 1.56 bits per heavy atom. The molecule has 0 aromatic carbocycles. The van der Waals surface area contributed by atoms with E-state index in [2.05, 4.69) is 0 Å². The minimum absolute atomic E-state index is 0.249. The third kappa shape index (κ3) is 3.00.